The quantitative estimate of drug-likeness (QED) is 0.782. The zero-order chi connectivity index (χ0) is 14.8. The number of hydrogen-bond acceptors (Lipinski definition) is 2. The van der Waals surface area contributed by atoms with Crippen molar-refractivity contribution in [3.8, 4) is 0 Å². The average Bonchev–Trinajstić information content (AvgIpc) is 2.66. The predicted molar refractivity (Wildman–Crippen MR) is 65.5 cm³/mol. The van der Waals surface area contributed by atoms with Crippen molar-refractivity contribution in [3.63, 3.8) is 0 Å². The molecule has 0 N–H and O–H groups in total. The first kappa shape index (κ1) is 16.3. The molecule has 0 radical (unpaired) electrons. The maximum absolute atomic E-state index is 12.1. The molecule has 0 aliphatic carbocycles. The molecule has 0 saturated heterocycles. The van der Waals surface area contributed by atoms with Crippen LogP contribution >= 0.6 is 11.6 Å². The van der Waals surface area contributed by atoms with Crippen molar-refractivity contribution < 1.29 is 21.6 Å². The first-order valence-electron chi connectivity index (χ1n) is 5.32. The highest BCUT2D eigenvalue weighted by molar-refractivity contribution is 7.89. The maximum atomic E-state index is 12.1. The molecular formula is C10H14ClF3N2O2S. The third kappa shape index (κ3) is 4.12. The Morgan fingerprint density at radius 2 is 2.00 bits per heavy atom. The van der Waals surface area contributed by atoms with Crippen molar-refractivity contribution in [2.75, 3.05) is 13.6 Å². The first-order valence-corrected chi connectivity index (χ1v) is 7.29. The molecule has 1 heterocycles. The second-order valence-corrected chi connectivity index (χ2v) is 6.42. The fourth-order valence-electron chi connectivity index (χ4n) is 1.44. The standard InChI is InChI=1S/C10H14ClF3N2O2S/c1-15-7-9(5-8(15)6-11)19(17,18)16(2)4-3-10(12,13)14/h5,7H,3-4,6H2,1-2H3. The molecule has 0 aliphatic rings. The molecule has 0 amide bonds. The minimum atomic E-state index is -4.39. The molecule has 0 unspecified atom stereocenters. The Morgan fingerprint density at radius 3 is 2.42 bits per heavy atom. The summed E-state index contributed by atoms with van der Waals surface area (Å²) in [6.07, 6.45) is -4.24. The van der Waals surface area contributed by atoms with Gasteiger partial charge in [-0.3, -0.25) is 0 Å². The van der Waals surface area contributed by atoms with Gasteiger partial charge in [-0.15, -0.1) is 11.6 Å². The number of halogens is 4. The van der Waals surface area contributed by atoms with Gasteiger partial charge < -0.3 is 4.57 Å². The van der Waals surface area contributed by atoms with E-state index in [1.165, 1.54) is 16.8 Å². The van der Waals surface area contributed by atoms with Crippen molar-refractivity contribution in [2.45, 2.75) is 23.4 Å². The third-order valence-corrected chi connectivity index (χ3v) is 4.73. The van der Waals surface area contributed by atoms with Crippen LogP contribution in [0.4, 0.5) is 13.2 Å². The van der Waals surface area contributed by atoms with Gasteiger partial charge in [-0.05, 0) is 6.07 Å². The molecule has 19 heavy (non-hydrogen) atoms. The molecule has 9 heteroatoms. The van der Waals surface area contributed by atoms with Crippen LogP contribution in [0.2, 0.25) is 0 Å². The van der Waals surface area contributed by atoms with Crippen molar-refractivity contribution >= 4 is 21.6 Å². The average molecular weight is 319 g/mol. The Balaban J connectivity index is 2.90. The van der Waals surface area contributed by atoms with Crippen LogP contribution in [-0.2, 0) is 23.0 Å². The molecule has 4 nitrogen and oxygen atoms in total. The highest BCUT2D eigenvalue weighted by atomic mass is 35.5. The van der Waals surface area contributed by atoms with Gasteiger partial charge in [0, 0.05) is 32.5 Å². The minimum Gasteiger partial charge on any atom is -0.352 e. The third-order valence-electron chi connectivity index (χ3n) is 2.64. The van der Waals surface area contributed by atoms with Crippen LogP contribution in [0.5, 0.6) is 0 Å². The van der Waals surface area contributed by atoms with Crippen LogP contribution in [0, 0.1) is 0 Å². The van der Waals surface area contributed by atoms with Gasteiger partial charge in [0.1, 0.15) is 4.90 Å². The van der Waals surface area contributed by atoms with Gasteiger partial charge in [0.2, 0.25) is 10.0 Å². The molecule has 0 spiro atoms. The van der Waals surface area contributed by atoms with E-state index in [1.807, 2.05) is 0 Å². The van der Waals surface area contributed by atoms with Gasteiger partial charge in [-0.1, -0.05) is 0 Å². The summed E-state index contributed by atoms with van der Waals surface area (Å²) in [6, 6.07) is 1.35. The Bertz CT molecular complexity index is 539. The van der Waals surface area contributed by atoms with Crippen LogP contribution in [0.25, 0.3) is 0 Å². The van der Waals surface area contributed by atoms with E-state index in [1.54, 1.807) is 7.05 Å². The lowest BCUT2D eigenvalue weighted by atomic mass is 10.4. The molecule has 1 aromatic heterocycles. The van der Waals surface area contributed by atoms with Crippen LogP contribution in [0.1, 0.15) is 12.1 Å². The monoisotopic (exact) mass is 318 g/mol. The largest absolute Gasteiger partial charge is 0.390 e. The summed E-state index contributed by atoms with van der Waals surface area (Å²) in [7, 11) is -1.18. The van der Waals surface area contributed by atoms with E-state index in [9.17, 15) is 21.6 Å². The number of aromatic nitrogens is 1. The smallest absolute Gasteiger partial charge is 0.352 e. The highest BCUT2D eigenvalue weighted by Gasteiger charge is 2.30. The van der Waals surface area contributed by atoms with E-state index in [0.29, 0.717) is 10.00 Å². The van der Waals surface area contributed by atoms with Crippen LogP contribution in [0.15, 0.2) is 17.2 Å². The van der Waals surface area contributed by atoms with E-state index in [2.05, 4.69) is 0 Å². The minimum absolute atomic E-state index is 0.0599. The van der Waals surface area contributed by atoms with Crippen molar-refractivity contribution in [3.05, 3.63) is 18.0 Å². The highest BCUT2D eigenvalue weighted by Crippen LogP contribution is 2.23. The molecule has 0 atom stereocenters. The molecule has 0 aliphatic heterocycles. The van der Waals surface area contributed by atoms with E-state index in [0.717, 1.165) is 7.05 Å². The molecule has 0 fully saturated rings. The summed E-state index contributed by atoms with van der Waals surface area (Å²) in [5.74, 6) is 0.123. The first-order chi connectivity index (χ1) is 8.58. The lowest BCUT2D eigenvalue weighted by Crippen LogP contribution is -2.30. The van der Waals surface area contributed by atoms with Gasteiger partial charge in [-0.2, -0.15) is 13.2 Å². The lowest BCUT2D eigenvalue weighted by Gasteiger charge is -2.17. The summed E-state index contributed by atoms with van der Waals surface area (Å²) in [5.41, 5.74) is 0.574. The second-order valence-electron chi connectivity index (χ2n) is 4.10. The van der Waals surface area contributed by atoms with E-state index >= 15 is 0 Å². The fourth-order valence-corrected chi connectivity index (χ4v) is 2.97. The summed E-state index contributed by atoms with van der Waals surface area (Å²) >= 11 is 5.62. The molecule has 0 aromatic carbocycles. The van der Waals surface area contributed by atoms with Crippen molar-refractivity contribution in [1.82, 2.24) is 8.87 Å². The Labute approximate surface area is 114 Å². The normalized spacial score (nSPS) is 13.2. The molecule has 0 bridgehead atoms. The van der Waals surface area contributed by atoms with Gasteiger partial charge in [-0.25, -0.2) is 12.7 Å². The Hall–Kier alpha value is -0.730. The number of alkyl halides is 4. The van der Waals surface area contributed by atoms with Crippen molar-refractivity contribution in [2.24, 2.45) is 7.05 Å². The van der Waals surface area contributed by atoms with E-state index < -0.39 is 29.2 Å². The van der Waals surface area contributed by atoms with Crippen LogP contribution in [0.3, 0.4) is 0 Å². The van der Waals surface area contributed by atoms with Crippen LogP contribution in [-0.4, -0.2) is 37.1 Å². The van der Waals surface area contributed by atoms with E-state index in [-0.39, 0.29) is 10.8 Å². The topological polar surface area (TPSA) is 42.3 Å². The second kappa shape index (κ2) is 5.72. The van der Waals surface area contributed by atoms with Gasteiger partial charge in [0.15, 0.2) is 0 Å². The van der Waals surface area contributed by atoms with Gasteiger partial charge in [0.05, 0.1) is 12.3 Å². The SMILES string of the molecule is CN(CCC(F)(F)F)S(=O)(=O)c1cc(CCl)n(C)c1. The zero-order valence-electron chi connectivity index (χ0n) is 10.4. The lowest BCUT2D eigenvalue weighted by molar-refractivity contribution is -0.135. The summed E-state index contributed by atoms with van der Waals surface area (Å²) in [4.78, 5) is -0.0599. The Kier molecular flexibility index (Phi) is 4.91. The van der Waals surface area contributed by atoms with Crippen LogP contribution < -0.4 is 0 Å². The molecule has 110 valence electrons. The molecule has 1 aromatic rings. The number of rotatable bonds is 5. The van der Waals surface area contributed by atoms with Crippen molar-refractivity contribution in [1.29, 1.82) is 0 Å². The predicted octanol–water partition coefficient (Wildman–Crippen LogP) is 2.34. The number of nitrogens with zero attached hydrogens (tertiary/aromatic N) is 2. The Morgan fingerprint density at radius 1 is 1.42 bits per heavy atom. The summed E-state index contributed by atoms with van der Waals surface area (Å²) < 4.78 is 62.5. The summed E-state index contributed by atoms with van der Waals surface area (Å²) in [6.45, 7) is -0.614. The maximum Gasteiger partial charge on any atom is 0.390 e. The van der Waals surface area contributed by atoms with Gasteiger partial charge in [0.25, 0.3) is 0 Å². The number of sulfonamides is 1. The van der Waals surface area contributed by atoms with E-state index in [4.69, 9.17) is 11.6 Å². The van der Waals surface area contributed by atoms with Gasteiger partial charge >= 0.3 is 6.18 Å². The number of aryl methyl sites for hydroxylation is 1. The summed E-state index contributed by atoms with van der Waals surface area (Å²) in [5, 5.41) is 0. The molecule has 0 saturated carbocycles. The molecular weight excluding hydrogens is 305 g/mol. The molecule has 1 rings (SSSR count). The zero-order valence-corrected chi connectivity index (χ0v) is 12.0. The fraction of sp³-hybridized carbons (Fsp3) is 0.600. The number of hydrogen-bond donors (Lipinski definition) is 0.